The maximum absolute atomic E-state index is 12.7. The highest BCUT2D eigenvalue weighted by molar-refractivity contribution is 6.00. The molecular formula is C22H30O5. The van der Waals surface area contributed by atoms with Crippen LogP contribution in [0.15, 0.2) is 29.3 Å². The Hall–Kier alpha value is -1.69. The smallest absolute Gasteiger partial charge is 0.161 e. The lowest BCUT2D eigenvalue weighted by atomic mass is 9.78. The van der Waals surface area contributed by atoms with Crippen molar-refractivity contribution in [2.24, 2.45) is 11.3 Å². The zero-order valence-corrected chi connectivity index (χ0v) is 17.0. The van der Waals surface area contributed by atoms with Gasteiger partial charge in [-0.15, -0.1) is 0 Å². The summed E-state index contributed by atoms with van der Waals surface area (Å²) in [4.78, 5) is 12.7. The Balaban J connectivity index is 2.02. The van der Waals surface area contributed by atoms with E-state index < -0.39 is 0 Å². The molecular weight excluding hydrogens is 344 g/mol. The van der Waals surface area contributed by atoms with Crippen LogP contribution in [0.1, 0.15) is 44.4 Å². The molecule has 5 nitrogen and oxygen atoms in total. The van der Waals surface area contributed by atoms with Crippen LogP contribution in [0, 0.1) is 11.3 Å². The first-order valence-corrected chi connectivity index (χ1v) is 9.46. The van der Waals surface area contributed by atoms with Gasteiger partial charge < -0.3 is 18.9 Å². The summed E-state index contributed by atoms with van der Waals surface area (Å²) in [6, 6.07) is 6.06. The molecule has 2 atom stereocenters. The Morgan fingerprint density at radius 3 is 2.59 bits per heavy atom. The highest BCUT2D eigenvalue weighted by Gasteiger charge is 2.42. The van der Waals surface area contributed by atoms with Gasteiger partial charge in [-0.05, 0) is 35.0 Å². The predicted molar refractivity (Wildman–Crippen MR) is 103 cm³/mol. The van der Waals surface area contributed by atoms with Crippen molar-refractivity contribution in [3.05, 3.63) is 40.5 Å². The van der Waals surface area contributed by atoms with Gasteiger partial charge in [0.2, 0.25) is 0 Å². The standard InChI is InChI=1S/C22H30O5/c1-22(2,3)12-27-21-15-7-6-8-19(25-5)16(15)9-14-10-18(23)17(20(14)21)11-26-13-24-4/h6-8,14,21H,9-13H2,1-5H3/t14?,21-/m1/s1. The molecule has 27 heavy (non-hydrogen) atoms. The molecule has 5 heteroatoms. The number of hydrogen-bond acceptors (Lipinski definition) is 5. The van der Waals surface area contributed by atoms with E-state index >= 15 is 0 Å². The van der Waals surface area contributed by atoms with E-state index in [2.05, 4.69) is 26.8 Å². The van der Waals surface area contributed by atoms with Crippen LogP contribution >= 0.6 is 0 Å². The van der Waals surface area contributed by atoms with Gasteiger partial charge in [0.1, 0.15) is 18.6 Å². The molecule has 0 radical (unpaired) electrons. The summed E-state index contributed by atoms with van der Waals surface area (Å²) >= 11 is 0. The van der Waals surface area contributed by atoms with Crippen LogP contribution in [0.5, 0.6) is 5.75 Å². The number of carbonyl (C=O) groups excluding carboxylic acids is 1. The molecule has 1 unspecified atom stereocenters. The van der Waals surface area contributed by atoms with E-state index in [1.54, 1.807) is 14.2 Å². The summed E-state index contributed by atoms with van der Waals surface area (Å²) in [5, 5.41) is 0. The Bertz CT molecular complexity index is 729. The molecule has 0 N–H and O–H groups in total. The van der Waals surface area contributed by atoms with E-state index in [1.165, 1.54) is 0 Å². The fraction of sp³-hybridized carbons (Fsp3) is 0.591. The minimum atomic E-state index is -0.235. The number of methoxy groups -OCH3 is 2. The molecule has 0 saturated heterocycles. The minimum Gasteiger partial charge on any atom is -0.496 e. The van der Waals surface area contributed by atoms with E-state index in [1.807, 2.05) is 12.1 Å². The number of rotatable bonds is 7. The van der Waals surface area contributed by atoms with Crippen LogP contribution in [0.4, 0.5) is 0 Å². The van der Waals surface area contributed by atoms with Crippen molar-refractivity contribution in [1.29, 1.82) is 0 Å². The summed E-state index contributed by atoms with van der Waals surface area (Å²) in [5.74, 6) is 1.17. The molecule has 148 valence electrons. The van der Waals surface area contributed by atoms with Crippen molar-refractivity contribution in [2.75, 3.05) is 34.2 Å². The third-order valence-corrected chi connectivity index (χ3v) is 5.09. The molecule has 0 bridgehead atoms. The highest BCUT2D eigenvalue weighted by Crippen LogP contribution is 2.49. The van der Waals surface area contributed by atoms with Crippen molar-refractivity contribution in [1.82, 2.24) is 0 Å². The zero-order chi connectivity index (χ0) is 19.6. The van der Waals surface area contributed by atoms with Crippen molar-refractivity contribution in [3.63, 3.8) is 0 Å². The molecule has 1 aromatic rings. The topological polar surface area (TPSA) is 54.0 Å². The Kier molecular flexibility index (Phi) is 6.04. The molecule has 0 saturated carbocycles. The Morgan fingerprint density at radius 2 is 1.93 bits per heavy atom. The van der Waals surface area contributed by atoms with Gasteiger partial charge in [-0.1, -0.05) is 32.9 Å². The number of benzene rings is 1. The molecule has 2 aliphatic rings. The fourth-order valence-corrected chi connectivity index (χ4v) is 3.97. The number of Topliss-reactive ketones (excluding diaryl/α,β-unsaturated/α-hetero) is 1. The van der Waals surface area contributed by atoms with E-state index in [-0.39, 0.29) is 36.6 Å². The third-order valence-electron chi connectivity index (χ3n) is 5.09. The van der Waals surface area contributed by atoms with Gasteiger partial charge in [-0.3, -0.25) is 4.79 Å². The zero-order valence-electron chi connectivity index (χ0n) is 17.0. The predicted octanol–water partition coefficient (Wildman–Crippen LogP) is 3.86. The van der Waals surface area contributed by atoms with Crippen LogP contribution in [-0.4, -0.2) is 40.0 Å². The molecule has 0 amide bonds. The quantitative estimate of drug-likeness (QED) is 0.536. The number of fused-ring (bicyclic) bond motifs is 2. The second-order valence-corrected chi connectivity index (χ2v) is 8.50. The molecule has 0 heterocycles. The van der Waals surface area contributed by atoms with Crippen molar-refractivity contribution in [3.8, 4) is 5.75 Å². The Labute approximate surface area is 161 Å². The van der Waals surface area contributed by atoms with Gasteiger partial charge in [-0.2, -0.15) is 0 Å². The normalized spacial score (nSPS) is 22.0. The maximum atomic E-state index is 12.7. The van der Waals surface area contributed by atoms with E-state index in [0.717, 1.165) is 34.4 Å². The first kappa shape index (κ1) is 20.1. The first-order valence-electron chi connectivity index (χ1n) is 9.46. The number of ether oxygens (including phenoxy) is 4. The molecule has 0 spiro atoms. The minimum absolute atomic E-state index is 0.0296. The number of hydrogen-bond donors (Lipinski definition) is 0. The lowest BCUT2D eigenvalue weighted by Crippen LogP contribution is -2.26. The first-order chi connectivity index (χ1) is 12.9. The van der Waals surface area contributed by atoms with Gasteiger partial charge in [0.25, 0.3) is 0 Å². The summed E-state index contributed by atoms with van der Waals surface area (Å²) < 4.78 is 22.5. The van der Waals surface area contributed by atoms with Crippen LogP contribution < -0.4 is 4.74 Å². The molecule has 3 rings (SSSR count). The second kappa shape index (κ2) is 8.13. The van der Waals surface area contributed by atoms with E-state index in [4.69, 9.17) is 18.9 Å². The SMILES string of the molecule is COCOCC1=C2C(CC1=O)Cc1c(OC)cccc1[C@H]2OCC(C)(C)C. The van der Waals surface area contributed by atoms with Gasteiger partial charge in [0.05, 0.1) is 20.3 Å². The van der Waals surface area contributed by atoms with Crippen molar-refractivity contribution < 1.29 is 23.7 Å². The van der Waals surface area contributed by atoms with E-state index in [9.17, 15) is 4.79 Å². The molecule has 0 aromatic heterocycles. The van der Waals surface area contributed by atoms with Crippen LogP contribution in [0.2, 0.25) is 0 Å². The number of carbonyl (C=O) groups is 1. The molecule has 0 aliphatic heterocycles. The monoisotopic (exact) mass is 374 g/mol. The third kappa shape index (κ3) is 4.26. The lowest BCUT2D eigenvalue weighted by Gasteiger charge is -2.35. The van der Waals surface area contributed by atoms with E-state index in [0.29, 0.717) is 13.0 Å². The highest BCUT2D eigenvalue weighted by atomic mass is 16.7. The molecule has 1 aromatic carbocycles. The van der Waals surface area contributed by atoms with Crippen molar-refractivity contribution in [2.45, 2.75) is 39.7 Å². The average Bonchev–Trinajstić information content (AvgIpc) is 2.93. The summed E-state index contributed by atoms with van der Waals surface area (Å²) in [7, 11) is 3.27. The molecule has 0 fully saturated rings. The van der Waals surface area contributed by atoms with Crippen LogP contribution in [0.3, 0.4) is 0 Å². The van der Waals surface area contributed by atoms with Gasteiger partial charge in [0, 0.05) is 24.7 Å². The van der Waals surface area contributed by atoms with Gasteiger partial charge in [0.15, 0.2) is 5.78 Å². The molecule has 2 aliphatic carbocycles. The number of ketones is 1. The van der Waals surface area contributed by atoms with Gasteiger partial charge >= 0.3 is 0 Å². The summed E-state index contributed by atoms with van der Waals surface area (Å²) in [6.07, 6.45) is 1.07. The summed E-state index contributed by atoms with van der Waals surface area (Å²) in [5.41, 5.74) is 4.12. The average molecular weight is 374 g/mol. The second-order valence-electron chi connectivity index (χ2n) is 8.50. The maximum Gasteiger partial charge on any atom is 0.161 e. The summed E-state index contributed by atoms with van der Waals surface area (Å²) in [6.45, 7) is 7.49. The van der Waals surface area contributed by atoms with Gasteiger partial charge in [-0.25, -0.2) is 0 Å². The van der Waals surface area contributed by atoms with Crippen molar-refractivity contribution >= 4 is 5.78 Å². The van der Waals surface area contributed by atoms with Crippen LogP contribution in [-0.2, 0) is 25.4 Å². The largest absolute Gasteiger partial charge is 0.496 e. The van der Waals surface area contributed by atoms with Crippen LogP contribution in [0.25, 0.3) is 0 Å². The Morgan fingerprint density at radius 1 is 1.15 bits per heavy atom. The lowest BCUT2D eigenvalue weighted by molar-refractivity contribution is -0.116. The fourth-order valence-electron chi connectivity index (χ4n) is 3.97.